The highest BCUT2D eigenvalue weighted by atomic mass is 32.2. The minimum atomic E-state index is -3.79. The molecular formula is C14H16N2O4S. The van der Waals surface area contributed by atoms with E-state index in [1.165, 1.54) is 20.2 Å². The van der Waals surface area contributed by atoms with Crippen LogP contribution in [0.1, 0.15) is 5.56 Å². The molecule has 0 bridgehead atoms. The zero-order chi connectivity index (χ0) is 15.6. The van der Waals surface area contributed by atoms with E-state index in [-0.39, 0.29) is 11.4 Å². The second-order valence-electron chi connectivity index (χ2n) is 4.62. The summed E-state index contributed by atoms with van der Waals surface area (Å²) in [4.78, 5) is 15.6. The van der Waals surface area contributed by atoms with Crippen molar-refractivity contribution in [2.45, 2.75) is 11.8 Å². The highest BCUT2D eigenvalue weighted by molar-refractivity contribution is 7.89. The molecular weight excluding hydrogens is 292 g/mol. The van der Waals surface area contributed by atoms with Gasteiger partial charge in [-0.15, -0.1) is 0 Å². The lowest BCUT2D eigenvalue weighted by atomic mass is 10.1. The number of rotatable bonds is 4. The number of carbonyl (C=O) groups is 1. The van der Waals surface area contributed by atoms with E-state index >= 15 is 0 Å². The van der Waals surface area contributed by atoms with Crippen molar-refractivity contribution in [3.8, 4) is 0 Å². The Hall–Kier alpha value is -1.99. The first kappa shape index (κ1) is 15.4. The number of hydrogen-bond donors (Lipinski definition) is 0. The van der Waals surface area contributed by atoms with Gasteiger partial charge >= 0.3 is 5.97 Å². The highest BCUT2D eigenvalue weighted by Crippen LogP contribution is 2.26. The molecule has 0 aliphatic rings. The summed E-state index contributed by atoms with van der Waals surface area (Å²) in [5, 5.41) is 0.536. The smallest absolute Gasteiger partial charge is 0.321 e. The third kappa shape index (κ3) is 2.88. The maximum absolute atomic E-state index is 12.6. The van der Waals surface area contributed by atoms with Crippen molar-refractivity contribution in [2.24, 2.45) is 0 Å². The first-order valence-electron chi connectivity index (χ1n) is 6.25. The van der Waals surface area contributed by atoms with Gasteiger partial charge in [0, 0.05) is 18.6 Å². The van der Waals surface area contributed by atoms with Crippen LogP contribution in [0, 0.1) is 6.92 Å². The first-order chi connectivity index (χ1) is 9.87. The van der Waals surface area contributed by atoms with Crippen LogP contribution in [0.3, 0.4) is 0 Å². The summed E-state index contributed by atoms with van der Waals surface area (Å²) in [6, 6.07) is 6.62. The Bertz CT molecular complexity index is 787. The number of aryl methyl sites for hydroxylation is 1. The fraction of sp³-hybridized carbons (Fsp3) is 0.286. The molecule has 0 fully saturated rings. The summed E-state index contributed by atoms with van der Waals surface area (Å²) in [6.45, 7) is 1.53. The third-order valence-corrected chi connectivity index (χ3v) is 5.06. The molecule has 0 aliphatic heterocycles. The Morgan fingerprint density at radius 3 is 2.71 bits per heavy atom. The molecule has 2 rings (SSSR count). The molecule has 1 heterocycles. The normalized spacial score (nSPS) is 11.8. The summed E-state index contributed by atoms with van der Waals surface area (Å²) in [5.41, 5.74) is 1.52. The van der Waals surface area contributed by atoms with Crippen LogP contribution < -0.4 is 0 Å². The van der Waals surface area contributed by atoms with E-state index < -0.39 is 16.0 Å². The maximum Gasteiger partial charge on any atom is 0.321 e. The van der Waals surface area contributed by atoms with Crippen LogP contribution in [0.5, 0.6) is 0 Å². The van der Waals surface area contributed by atoms with Gasteiger partial charge in [-0.25, -0.2) is 8.42 Å². The minimum Gasteiger partial charge on any atom is -0.468 e. The summed E-state index contributed by atoms with van der Waals surface area (Å²) in [6.07, 6.45) is 1.61. The van der Waals surface area contributed by atoms with E-state index in [4.69, 9.17) is 0 Å². The van der Waals surface area contributed by atoms with Gasteiger partial charge in [-0.3, -0.25) is 9.78 Å². The number of methoxy groups -OCH3 is 1. The minimum absolute atomic E-state index is 0.127. The SMILES string of the molecule is COC(=O)CN(C)S(=O)(=O)c1ccc(C)c2ncccc12. The molecule has 0 unspecified atom stereocenters. The number of nitrogens with zero attached hydrogens (tertiary/aromatic N) is 2. The van der Waals surface area contributed by atoms with Gasteiger partial charge < -0.3 is 4.74 Å². The van der Waals surface area contributed by atoms with Crippen LogP contribution in [0.4, 0.5) is 0 Å². The van der Waals surface area contributed by atoms with Crippen LogP contribution in [0.25, 0.3) is 10.9 Å². The zero-order valence-corrected chi connectivity index (χ0v) is 12.8. The average Bonchev–Trinajstić information content (AvgIpc) is 2.47. The van der Waals surface area contributed by atoms with Crippen LogP contribution in [-0.4, -0.2) is 44.4 Å². The van der Waals surface area contributed by atoms with Crippen molar-refractivity contribution in [1.29, 1.82) is 0 Å². The predicted octanol–water partition coefficient (Wildman–Crippen LogP) is 1.34. The van der Waals surface area contributed by atoms with Crippen LogP contribution >= 0.6 is 0 Å². The number of pyridine rings is 1. The van der Waals surface area contributed by atoms with E-state index in [0.29, 0.717) is 10.9 Å². The van der Waals surface area contributed by atoms with E-state index in [1.54, 1.807) is 24.4 Å². The molecule has 0 atom stereocenters. The van der Waals surface area contributed by atoms with E-state index in [9.17, 15) is 13.2 Å². The van der Waals surface area contributed by atoms with Gasteiger partial charge in [0.25, 0.3) is 0 Å². The number of fused-ring (bicyclic) bond motifs is 1. The molecule has 0 radical (unpaired) electrons. The van der Waals surface area contributed by atoms with Crippen molar-refractivity contribution < 1.29 is 17.9 Å². The van der Waals surface area contributed by atoms with Crippen molar-refractivity contribution in [3.05, 3.63) is 36.0 Å². The number of carbonyl (C=O) groups excluding carboxylic acids is 1. The molecule has 1 aromatic carbocycles. The first-order valence-corrected chi connectivity index (χ1v) is 7.69. The fourth-order valence-electron chi connectivity index (χ4n) is 2.01. The van der Waals surface area contributed by atoms with Crippen LogP contribution in [0.2, 0.25) is 0 Å². The van der Waals surface area contributed by atoms with Crippen molar-refractivity contribution in [2.75, 3.05) is 20.7 Å². The van der Waals surface area contributed by atoms with Crippen molar-refractivity contribution >= 4 is 26.9 Å². The Labute approximate surface area is 123 Å². The molecule has 0 saturated carbocycles. The Morgan fingerprint density at radius 1 is 1.33 bits per heavy atom. The fourth-order valence-corrected chi connectivity index (χ4v) is 3.31. The lowest BCUT2D eigenvalue weighted by molar-refractivity contribution is -0.140. The van der Waals surface area contributed by atoms with Gasteiger partial charge in [0.05, 0.1) is 17.5 Å². The van der Waals surface area contributed by atoms with Crippen molar-refractivity contribution in [1.82, 2.24) is 9.29 Å². The lowest BCUT2D eigenvalue weighted by Crippen LogP contribution is -2.32. The monoisotopic (exact) mass is 308 g/mol. The zero-order valence-electron chi connectivity index (χ0n) is 12.0. The van der Waals surface area contributed by atoms with Gasteiger partial charge in [-0.05, 0) is 30.7 Å². The van der Waals surface area contributed by atoms with E-state index in [1.807, 2.05) is 6.92 Å². The molecule has 112 valence electrons. The summed E-state index contributed by atoms with van der Waals surface area (Å²) >= 11 is 0. The molecule has 1 aromatic heterocycles. The molecule has 0 amide bonds. The van der Waals surface area contributed by atoms with Gasteiger partial charge in [0.2, 0.25) is 10.0 Å². The van der Waals surface area contributed by atoms with E-state index in [2.05, 4.69) is 9.72 Å². The molecule has 6 nitrogen and oxygen atoms in total. The highest BCUT2D eigenvalue weighted by Gasteiger charge is 2.25. The summed E-state index contributed by atoms with van der Waals surface area (Å²) < 4.78 is 30.7. The number of benzene rings is 1. The molecule has 0 aliphatic carbocycles. The second kappa shape index (κ2) is 5.79. The topological polar surface area (TPSA) is 76.6 Å². The van der Waals surface area contributed by atoms with Gasteiger partial charge in [-0.1, -0.05) is 6.07 Å². The van der Waals surface area contributed by atoms with Gasteiger partial charge in [0.15, 0.2) is 0 Å². The van der Waals surface area contributed by atoms with Crippen LogP contribution in [0.15, 0.2) is 35.4 Å². The Kier molecular flexibility index (Phi) is 4.24. The number of hydrogen-bond acceptors (Lipinski definition) is 5. The third-order valence-electron chi connectivity index (χ3n) is 3.20. The lowest BCUT2D eigenvalue weighted by Gasteiger charge is -2.17. The van der Waals surface area contributed by atoms with E-state index in [0.717, 1.165) is 9.87 Å². The number of aromatic nitrogens is 1. The number of likely N-dealkylation sites (N-methyl/N-ethyl adjacent to an activating group) is 1. The summed E-state index contributed by atoms with van der Waals surface area (Å²) in [5.74, 6) is -0.615. The molecule has 0 N–H and O–H groups in total. The van der Waals surface area contributed by atoms with Gasteiger partial charge in [0.1, 0.15) is 6.54 Å². The quantitative estimate of drug-likeness (QED) is 0.797. The molecule has 0 spiro atoms. The maximum atomic E-state index is 12.6. The standard InChI is InChI=1S/C14H16N2O4S/c1-10-6-7-12(11-5-4-8-15-14(10)11)21(18,19)16(2)9-13(17)20-3/h4-8H,9H2,1-3H3. The van der Waals surface area contributed by atoms with Crippen molar-refractivity contribution in [3.63, 3.8) is 0 Å². The Balaban J connectivity index is 2.55. The predicted molar refractivity (Wildman–Crippen MR) is 78.3 cm³/mol. The molecule has 21 heavy (non-hydrogen) atoms. The number of sulfonamides is 1. The molecule has 7 heteroatoms. The van der Waals surface area contributed by atoms with Gasteiger partial charge in [-0.2, -0.15) is 4.31 Å². The second-order valence-corrected chi connectivity index (χ2v) is 6.63. The number of ether oxygens (including phenoxy) is 1. The van der Waals surface area contributed by atoms with Crippen LogP contribution in [-0.2, 0) is 19.6 Å². The molecule has 2 aromatic rings. The number of esters is 1. The molecule has 0 saturated heterocycles. The Morgan fingerprint density at radius 2 is 2.05 bits per heavy atom. The average molecular weight is 308 g/mol. The summed E-state index contributed by atoms with van der Waals surface area (Å²) in [7, 11) is -1.24. The largest absolute Gasteiger partial charge is 0.468 e.